The van der Waals surface area contributed by atoms with Crippen molar-refractivity contribution in [1.82, 2.24) is 15.1 Å². The molecule has 0 atom stereocenters. The van der Waals surface area contributed by atoms with Gasteiger partial charge in [-0.2, -0.15) is 0 Å². The van der Waals surface area contributed by atoms with Crippen molar-refractivity contribution < 1.29 is 9.34 Å². The fraction of sp³-hybridized carbons (Fsp3) is 0.300. The summed E-state index contributed by atoms with van der Waals surface area (Å²) < 4.78 is 5.72. The van der Waals surface area contributed by atoms with Gasteiger partial charge in [0.25, 0.3) is 10.9 Å². The SMILES string of the molecule is CN1CCN(c2ccc(-c3nnc(SCc4ccccc4)o3)cc2[N+](=O)[O-])CC1. The van der Waals surface area contributed by atoms with E-state index in [1.54, 1.807) is 12.1 Å². The second-order valence-corrected chi connectivity index (χ2v) is 7.82. The topological polar surface area (TPSA) is 88.5 Å². The van der Waals surface area contributed by atoms with Gasteiger partial charge in [-0.1, -0.05) is 42.1 Å². The molecule has 4 rings (SSSR count). The number of nitrogens with zero attached hydrogens (tertiary/aromatic N) is 5. The Morgan fingerprint density at radius 1 is 1.10 bits per heavy atom. The molecule has 1 fully saturated rings. The monoisotopic (exact) mass is 411 g/mol. The lowest BCUT2D eigenvalue weighted by molar-refractivity contribution is -0.384. The summed E-state index contributed by atoms with van der Waals surface area (Å²) in [4.78, 5) is 15.6. The van der Waals surface area contributed by atoms with E-state index in [1.807, 2.05) is 30.3 Å². The van der Waals surface area contributed by atoms with Crippen LogP contribution in [-0.4, -0.2) is 53.2 Å². The van der Waals surface area contributed by atoms with Gasteiger partial charge in [0.05, 0.1) is 4.92 Å². The molecule has 150 valence electrons. The van der Waals surface area contributed by atoms with Crippen molar-refractivity contribution in [1.29, 1.82) is 0 Å². The molecule has 3 aromatic rings. The van der Waals surface area contributed by atoms with Crippen molar-refractivity contribution in [2.75, 3.05) is 38.1 Å². The number of nitro groups is 1. The number of likely N-dealkylation sites (N-methyl/N-ethyl adjacent to an activating group) is 1. The van der Waals surface area contributed by atoms with Gasteiger partial charge in [0, 0.05) is 43.6 Å². The molecular weight excluding hydrogens is 390 g/mol. The number of benzene rings is 2. The standard InChI is InChI=1S/C20H21N5O3S/c1-23-9-11-24(12-10-23)17-8-7-16(13-18(17)25(26)27)19-21-22-20(28-19)29-14-15-5-3-2-4-6-15/h2-8,13H,9-12,14H2,1H3. The van der Waals surface area contributed by atoms with Gasteiger partial charge in [0.2, 0.25) is 5.89 Å². The number of hydrogen-bond acceptors (Lipinski definition) is 8. The van der Waals surface area contributed by atoms with Crippen LogP contribution in [-0.2, 0) is 5.75 Å². The molecule has 0 amide bonds. The number of piperazine rings is 1. The molecule has 1 aliphatic heterocycles. The molecule has 9 heteroatoms. The van der Waals surface area contributed by atoms with E-state index >= 15 is 0 Å². The molecule has 29 heavy (non-hydrogen) atoms. The molecular formula is C20H21N5O3S. The number of hydrogen-bond donors (Lipinski definition) is 0. The smallest absolute Gasteiger partial charge is 0.293 e. The number of thioether (sulfide) groups is 1. The number of anilines is 1. The van der Waals surface area contributed by atoms with E-state index in [0.717, 1.165) is 31.7 Å². The summed E-state index contributed by atoms with van der Waals surface area (Å²) >= 11 is 1.44. The normalized spacial score (nSPS) is 14.9. The van der Waals surface area contributed by atoms with Gasteiger partial charge in [-0.05, 0) is 24.7 Å². The van der Waals surface area contributed by atoms with Crippen LogP contribution in [0.1, 0.15) is 5.56 Å². The largest absolute Gasteiger partial charge is 0.411 e. The van der Waals surface area contributed by atoms with Crippen molar-refractivity contribution in [3.8, 4) is 11.5 Å². The van der Waals surface area contributed by atoms with E-state index in [4.69, 9.17) is 4.42 Å². The van der Waals surface area contributed by atoms with E-state index in [1.165, 1.54) is 17.8 Å². The first-order chi connectivity index (χ1) is 14.1. The van der Waals surface area contributed by atoms with Crippen LogP contribution in [0.2, 0.25) is 0 Å². The van der Waals surface area contributed by atoms with E-state index in [9.17, 15) is 10.1 Å². The molecule has 1 saturated heterocycles. The lowest BCUT2D eigenvalue weighted by Crippen LogP contribution is -2.44. The predicted molar refractivity (Wildman–Crippen MR) is 112 cm³/mol. The fourth-order valence-electron chi connectivity index (χ4n) is 3.22. The summed E-state index contributed by atoms with van der Waals surface area (Å²) in [7, 11) is 2.05. The molecule has 0 unspecified atom stereocenters. The quantitative estimate of drug-likeness (QED) is 0.345. The molecule has 8 nitrogen and oxygen atoms in total. The first kappa shape index (κ1) is 19.4. The highest BCUT2D eigenvalue weighted by atomic mass is 32.2. The first-order valence-corrected chi connectivity index (χ1v) is 10.3. The Morgan fingerprint density at radius 2 is 1.86 bits per heavy atom. The van der Waals surface area contributed by atoms with Crippen LogP contribution in [0.15, 0.2) is 58.2 Å². The third kappa shape index (κ3) is 4.57. The van der Waals surface area contributed by atoms with Crippen LogP contribution in [0, 0.1) is 10.1 Å². The maximum Gasteiger partial charge on any atom is 0.293 e. The summed E-state index contributed by atoms with van der Waals surface area (Å²) in [6.07, 6.45) is 0. The summed E-state index contributed by atoms with van der Waals surface area (Å²) in [5.74, 6) is 0.999. The Kier molecular flexibility index (Phi) is 5.77. The Morgan fingerprint density at radius 3 is 2.59 bits per heavy atom. The van der Waals surface area contributed by atoms with Crippen LogP contribution in [0.25, 0.3) is 11.5 Å². The maximum absolute atomic E-state index is 11.7. The lowest BCUT2D eigenvalue weighted by Gasteiger charge is -2.33. The minimum Gasteiger partial charge on any atom is -0.411 e. The average molecular weight is 411 g/mol. The zero-order valence-corrected chi connectivity index (χ0v) is 16.8. The molecule has 0 radical (unpaired) electrons. The summed E-state index contributed by atoms with van der Waals surface area (Å²) in [5.41, 5.74) is 2.40. The minimum absolute atomic E-state index is 0.0590. The zero-order chi connectivity index (χ0) is 20.2. The second-order valence-electron chi connectivity index (χ2n) is 6.90. The van der Waals surface area contributed by atoms with E-state index < -0.39 is 0 Å². The highest BCUT2D eigenvalue weighted by molar-refractivity contribution is 7.98. The Balaban J connectivity index is 1.52. The number of rotatable bonds is 6. The van der Waals surface area contributed by atoms with Crippen molar-refractivity contribution >= 4 is 23.1 Å². The molecule has 1 aliphatic rings. The van der Waals surface area contributed by atoms with E-state index in [0.29, 0.717) is 22.2 Å². The summed E-state index contributed by atoms with van der Waals surface area (Å²) in [5, 5.41) is 20.2. The Bertz CT molecular complexity index is 987. The van der Waals surface area contributed by atoms with Crippen molar-refractivity contribution in [2.24, 2.45) is 0 Å². The van der Waals surface area contributed by atoms with Crippen LogP contribution in [0.5, 0.6) is 0 Å². The van der Waals surface area contributed by atoms with Crippen LogP contribution < -0.4 is 4.90 Å². The van der Waals surface area contributed by atoms with Gasteiger partial charge in [0.15, 0.2) is 0 Å². The molecule has 2 aromatic carbocycles. The van der Waals surface area contributed by atoms with E-state index in [-0.39, 0.29) is 16.5 Å². The van der Waals surface area contributed by atoms with Crippen LogP contribution in [0.3, 0.4) is 0 Å². The van der Waals surface area contributed by atoms with Crippen LogP contribution >= 0.6 is 11.8 Å². The third-order valence-electron chi connectivity index (χ3n) is 4.87. The number of nitro benzene ring substituents is 1. The molecule has 1 aromatic heterocycles. The zero-order valence-electron chi connectivity index (χ0n) is 16.0. The van der Waals surface area contributed by atoms with Gasteiger partial charge in [0.1, 0.15) is 5.69 Å². The predicted octanol–water partition coefficient (Wildman–Crippen LogP) is 3.69. The van der Waals surface area contributed by atoms with Crippen molar-refractivity contribution in [3.63, 3.8) is 0 Å². The summed E-state index contributed by atoms with van der Waals surface area (Å²) in [6, 6.07) is 15.1. The number of aromatic nitrogens is 2. The molecule has 0 bridgehead atoms. The summed E-state index contributed by atoms with van der Waals surface area (Å²) in [6.45, 7) is 3.28. The van der Waals surface area contributed by atoms with Crippen molar-refractivity contribution in [3.05, 3.63) is 64.2 Å². The maximum atomic E-state index is 11.7. The highest BCUT2D eigenvalue weighted by Gasteiger charge is 2.24. The second kappa shape index (κ2) is 8.62. The average Bonchev–Trinajstić information content (AvgIpc) is 3.22. The molecule has 0 spiro atoms. The first-order valence-electron chi connectivity index (χ1n) is 9.33. The molecule has 0 N–H and O–H groups in total. The molecule has 0 saturated carbocycles. The molecule has 2 heterocycles. The van der Waals surface area contributed by atoms with Crippen molar-refractivity contribution in [2.45, 2.75) is 11.0 Å². The van der Waals surface area contributed by atoms with Gasteiger partial charge < -0.3 is 14.2 Å². The van der Waals surface area contributed by atoms with Gasteiger partial charge >= 0.3 is 0 Å². The fourth-order valence-corrected chi connectivity index (χ4v) is 3.94. The minimum atomic E-state index is -0.349. The Labute approximate surface area is 172 Å². The van der Waals surface area contributed by atoms with E-state index in [2.05, 4.69) is 27.0 Å². The van der Waals surface area contributed by atoms with Gasteiger partial charge in [-0.15, -0.1) is 10.2 Å². The lowest BCUT2D eigenvalue weighted by atomic mass is 10.1. The van der Waals surface area contributed by atoms with Gasteiger partial charge in [-0.25, -0.2) is 0 Å². The Hall–Kier alpha value is -2.91. The van der Waals surface area contributed by atoms with Crippen LogP contribution in [0.4, 0.5) is 11.4 Å². The molecule has 0 aliphatic carbocycles. The third-order valence-corrected chi connectivity index (χ3v) is 5.76. The van der Waals surface area contributed by atoms with Gasteiger partial charge in [-0.3, -0.25) is 10.1 Å². The highest BCUT2D eigenvalue weighted by Crippen LogP contribution is 2.34.